The second kappa shape index (κ2) is 9.01. The van der Waals surface area contributed by atoms with Gasteiger partial charge in [-0.1, -0.05) is 12.1 Å². The number of carbonyl (C=O) groups excluding carboxylic acids is 1. The fraction of sp³-hybridized carbons (Fsp3) is 0.350. The minimum Gasteiger partial charge on any atom is -0.481 e. The number of aromatic nitrogens is 1. The van der Waals surface area contributed by atoms with Gasteiger partial charge in [0.15, 0.2) is 0 Å². The molecule has 1 saturated heterocycles. The zero-order valence-corrected chi connectivity index (χ0v) is 15.4. The van der Waals surface area contributed by atoms with Crippen molar-refractivity contribution in [1.29, 1.82) is 5.26 Å². The highest BCUT2D eigenvalue weighted by Gasteiger charge is 2.20. The molecule has 2 amide bonds. The van der Waals surface area contributed by atoms with Gasteiger partial charge in [-0.05, 0) is 29.3 Å². The predicted octanol–water partition coefficient (Wildman–Crippen LogP) is 1.99. The van der Waals surface area contributed by atoms with Gasteiger partial charge in [0.1, 0.15) is 0 Å². The van der Waals surface area contributed by atoms with Crippen molar-refractivity contribution in [3.05, 3.63) is 59.3 Å². The summed E-state index contributed by atoms with van der Waals surface area (Å²) in [5.41, 5.74) is 2.81. The van der Waals surface area contributed by atoms with Crippen LogP contribution >= 0.6 is 0 Å². The molecule has 0 aliphatic carbocycles. The van der Waals surface area contributed by atoms with Crippen LogP contribution in [0.2, 0.25) is 0 Å². The molecule has 7 nitrogen and oxygen atoms in total. The number of methoxy groups -OCH3 is 1. The van der Waals surface area contributed by atoms with Crippen molar-refractivity contribution in [1.82, 2.24) is 20.1 Å². The van der Waals surface area contributed by atoms with E-state index in [1.807, 2.05) is 41.3 Å². The molecule has 0 spiro atoms. The van der Waals surface area contributed by atoms with E-state index in [2.05, 4.69) is 21.3 Å². The fourth-order valence-corrected chi connectivity index (χ4v) is 3.01. The summed E-state index contributed by atoms with van der Waals surface area (Å²) in [4.78, 5) is 20.6. The van der Waals surface area contributed by atoms with E-state index >= 15 is 0 Å². The number of pyridine rings is 1. The van der Waals surface area contributed by atoms with Crippen molar-refractivity contribution >= 4 is 6.03 Å². The SMILES string of the molecule is COc1cc(CNC(=O)N2CCN(Cc3ccc(C#N)cc3)CC2)ccn1. The normalized spacial score (nSPS) is 14.4. The average molecular weight is 365 g/mol. The van der Waals surface area contributed by atoms with Crippen LogP contribution in [0.4, 0.5) is 4.79 Å². The molecule has 3 rings (SSSR count). The summed E-state index contributed by atoms with van der Waals surface area (Å²) in [5.74, 6) is 0.540. The molecule has 0 atom stereocenters. The van der Waals surface area contributed by atoms with Gasteiger partial charge < -0.3 is 15.0 Å². The Kier molecular flexibility index (Phi) is 6.23. The number of piperazine rings is 1. The lowest BCUT2D eigenvalue weighted by atomic mass is 10.1. The Bertz CT molecular complexity index is 808. The highest BCUT2D eigenvalue weighted by molar-refractivity contribution is 5.74. The number of carbonyl (C=O) groups is 1. The Morgan fingerprint density at radius 1 is 1.19 bits per heavy atom. The number of nitrogens with one attached hydrogen (secondary N) is 1. The Labute approximate surface area is 159 Å². The minimum absolute atomic E-state index is 0.0520. The van der Waals surface area contributed by atoms with Gasteiger partial charge in [-0.2, -0.15) is 5.26 Å². The molecule has 140 valence electrons. The lowest BCUT2D eigenvalue weighted by Crippen LogP contribution is -2.51. The van der Waals surface area contributed by atoms with E-state index in [4.69, 9.17) is 10.00 Å². The van der Waals surface area contributed by atoms with Crippen molar-refractivity contribution in [3.8, 4) is 11.9 Å². The minimum atomic E-state index is -0.0520. The van der Waals surface area contributed by atoms with Crippen LogP contribution in [0.3, 0.4) is 0 Å². The summed E-state index contributed by atoms with van der Waals surface area (Å²) in [6.07, 6.45) is 1.67. The van der Waals surface area contributed by atoms with E-state index in [-0.39, 0.29) is 6.03 Å². The first-order valence-corrected chi connectivity index (χ1v) is 8.91. The summed E-state index contributed by atoms with van der Waals surface area (Å²) in [5, 5.41) is 11.8. The van der Waals surface area contributed by atoms with E-state index in [9.17, 15) is 4.79 Å². The summed E-state index contributed by atoms with van der Waals surface area (Å²) < 4.78 is 5.10. The standard InChI is InChI=1S/C20H23N5O2/c1-27-19-12-18(6-7-22-19)14-23-20(26)25-10-8-24(9-11-25)15-17-4-2-16(13-21)3-5-17/h2-7,12H,8-11,14-15H2,1H3,(H,23,26). The number of hydrogen-bond donors (Lipinski definition) is 1. The lowest BCUT2D eigenvalue weighted by Gasteiger charge is -2.34. The molecule has 7 heteroatoms. The van der Waals surface area contributed by atoms with Crippen LogP contribution in [-0.2, 0) is 13.1 Å². The molecule has 2 aromatic rings. The number of benzene rings is 1. The highest BCUT2D eigenvalue weighted by atomic mass is 16.5. The number of nitrogens with zero attached hydrogens (tertiary/aromatic N) is 4. The van der Waals surface area contributed by atoms with Crippen LogP contribution in [0.25, 0.3) is 0 Å². The third kappa shape index (κ3) is 5.19. The molecule has 1 N–H and O–H groups in total. The first kappa shape index (κ1) is 18.7. The monoisotopic (exact) mass is 365 g/mol. The molecule has 0 bridgehead atoms. The van der Waals surface area contributed by atoms with Crippen LogP contribution in [0.5, 0.6) is 5.88 Å². The van der Waals surface area contributed by atoms with Crippen LogP contribution < -0.4 is 10.1 Å². The summed E-state index contributed by atoms with van der Waals surface area (Å²) >= 11 is 0. The number of hydrogen-bond acceptors (Lipinski definition) is 5. The third-order valence-corrected chi connectivity index (χ3v) is 4.60. The Balaban J connectivity index is 1.43. The second-order valence-electron chi connectivity index (χ2n) is 6.44. The van der Waals surface area contributed by atoms with Crippen molar-refractivity contribution in [2.45, 2.75) is 13.1 Å². The van der Waals surface area contributed by atoms with Crippen LogP contribution in [0.1, 0.15) is 16.7 Å². The number of rotatable bonds is 5. The molecule has 0 saturated carbocycles. The van der Waals surface area contributed by atoms with Crippen molar-refractivity contribution in [2.24, 2.45) is 0 Å². The smallest absolute Gasteiger partial charge is 0.317 e. The van der Waals surface area contributed by atoms with Gasteiger partial charge in [0.2, 0.25) is 5.88 Å². The lowest BCUT2D eigenvalue weighted by molar-refractivity contribution is 0.135. The zero-order valence-electron chi connectivity index (χ0n) is 15.4. The topological polar surface area (TPSA) is 81.5 Å². The maximum atomic E-state index is 12.4. The first-order chi connectivity index (χ1) is 13.2. The molecule has 1 aromatic carbocycles. The molecule has 27 heavy (non-hydrogen) atoms. The summed E-state index contributed by atoms with van der Waals surface area (Å²) in [6, 6.07) is 13.4. The molecule has 1 fully saturated rings. The van der Waals surface area contributed by atoms with E-state index in [1.165, 1.54) is 5.56 Å². The van der Waals surface area contributed by atoms with Gasteiger partial charge in [0.25, 0.3) is 0 Å². The number of urea groups is 1. The van der Waals surface area contributed by atoms with Gasteiger partial charge in [-0.15, -0.1) is 0 Å². The van der Waals surface area contributed by atoms with E-state index < -0.39 is 0 Å². The van der Waals surface area contributed by atoms with Crippen LogP contribution in [-0.4, -0.2) is 54.1 Å². The van der Waals surface area contributed by atoms with Crippen LogP contribution in [0, 0.1) is 11.3 Å². The summed E-state index contributed by atoms with van der Waals surface area (Å²) in [7, 11) is 1.57. The van der Waals surface area contributed by atoms with Gasteiger partial charge in [0.05, 0.1) is 18.7 Å². The fourth-order valence-electron chi connectivity index (χ4n) is 3.01. The maximum Gasteiger partial charge on any atom is 0.317 e. The highest BCUT2D eigenvalue weighted by Crippen LogP contribution is 2.11. The first-order valence-electron chi connectivity index (χ1n) is 8.91. The Morgan fingerprint density at radius 2 is 1.93 bits per heavy atom. The van der Waals surface area contributed by atoms with Crippen LogP contribution in [0.15, 0.2) is 42.6 Å². The molecule has 0 radical (unpaired) electrons. The molecule has 2 heterocycles. The van der Waals surface area contributed by atoms with Gasteiger partial charge in [0, 0.05) is 51.5 Å². The van der Waals surface area contributed by atoms with Crippen molar-refractivity contribution < 1.29 is 9.53 Å². The average Bonchev–Trinajstić information content (AvgIpc) is 2.73. The number of amides is 2. The summed E-state index contributed by atoms with van der Waals surface area (Å²) in [6.45, 7) is 4.33. The quantitative estimate of drug-likeness (QED) is 0.876. The molecular formula is C20H23N5O2. The number of nitriles is 1. The van der Waals surface area contributed by atoms with Gasteiger partial charge in [-0.25, -0.2) is 9.78 Å². The van der Waals surface area contributed by atoms with Gasteiger partial charge >= 0.3 is 6.03 Å². The predicted molar refractivity (Wildman–Crippen MR) is 101 cm³/mol. The Hall–Kier alpha value is -3.11. The maximum absolute atomic E-state index is 12.4. The van der Waals surface area contributed by atoms with Crippen molar-refractivity contribution in [3.63, 3.8) is 0 Å². The molecule has 1 aromatic heterocycles. The zero-order chi connectivity index (χ0) is 19.1. The van der Waals surface area contributed by atoms with E-state index in [0.717, 1.165) is 25.2 Å². The second-order valence-corrected chi connectivity index (χ2v) is 6.44. The molecular weight excluding hydrogens is 342 g/mol. The molecule has 1 aliphatic heterocycles. The van der Waals surface area contributed by atoms with E-state index in [0.29, 0.717) is 31.1 Å². The largest absolute Gasteiger partial charge is 0.481 e. The third-order valence-electron chi connectivity index (χ3n) is 4.60. The molecule has 0 unspecified atom stereocenters. The Morgan fingerprint density at radius 3 is 2.59 bits per heavy atom. The van der Waals surface area contributed by atoms with Crippen molar-refractivity contribution in [2.75, 3.05) is 33.3 Å². The molecule has 1 aliphatic rings. The number of ether oxygens (including phenoxy) is 1. The van der Waals surface area contributed by atoms with Gasteiger partial charge in [-0.3, -0.25) is 4.90 Å². The van der Waals surface area contributed by atoms with E-state index in [1.54, 1.807) is 13.3 Å².